The van der Waals surface area contributed by atoms with Crippen LogP contribution in [0.4, 0.5) is 0 Å². The standard InChI is InChI=1S/C26H33N3O3S/c1-5-6-12-27-26(33)29(13-11-19-10-8-7-9-18(19)2)17-21-14-20-15-23(31-3)24(32-4)16-22(20)28-25(21)30/h7-10,14-16H,5-6,11-13,17H2,1-4H3,(H,27,33)(H,28,30). The Balaban J connectivity index is 1.88. The number of pyridine rings is 1. The maximum absolute atomic E-state index is 12.9. The number of nitrogens with one attached hydrogen (secondary N) is 2. The summed E-state index contributed by atoms with van der Waals surface area (Å²) in [6.07, 6.45) is 2.98. The van der Waals surface area contributed by atoms with E-state index in [0.29, 0.717) is 40.8 Å². The van der Waals surface area contributed by atoms with Gasteiger partial charge < -0.3 is 24.7 Å². The van der Waals surface area contributed by atoms with Gasteiger partial charge >= 0.3 is 0 Å². The van der Waals surface area contributed by atoms with Crippen molar-refractivity contribution in [2.24, 2.45) is 0 Å². The Hall–Kier alpha value is -3.06. The van der Waals surface area contributed by atoms with Gasteiger partial charge in [-0.1, -0.05) is 37.6 Å². The van der Waals surface area contributed by atoms with E-state index in [1.807, 2.05) is 18.2 Å². The van der Waals surface area contributed by atoms with Crippen molar-refractivity contribution in [3.63, 3.8) is 0 Å². The quantitative estimate of drug-likeness (QED) is 0.336. The number of thiocarbonyl (C=S) groups is 1. The van der Waals surface area contributed by atoms with E-state index in [1.165, 1.54) is 11.1 Å². The predicted molar refractivity (Wildman–Crippen MR) is 138 cm³/mol. The van der Waals surface area contributed by atoms with Crippen LogP contribution in [-0.4, -0.2) is 42.3 Å². The van der Waals surface area contributed by atoms with Crippen molar-refractivity contribution >= 4 is 28.2 Å². The van der Waals surface area contributed by atoms with E-state index >= 15 is 0 Å². The molecule has 0 radical (unpaired) electrons. The van der Waals surface area contributed by atoms with E-state index < -0.39 is 0 Å². The van der Waals surface area contributed by atoms with Crippen LogP contribution in [0.5, 0.6) is 11.5 Å². The summed E-state index contributed by atoms with van der Waals surface area (Å²) < 4.78 is 10.8. The smallest absolute Gasteiger partial charge is 0.253 e. The van der Waals surface area contributed by atoms with E-state index in [0.717, 1.165) is 31.2 Å². The van der Waals surface area contributed by atoms with Crippen LogP contribution in [0.25, 0.3) is 10.9 Å². The summed E-state index contributed by atoms with van der Waals surface area (Å²) in [5.41, 5.74) is 3.76. The predicted octanol–water partition coefficient (Wildman–Crippen LogP) is 4.57. The van der Waals surface area contributed by atoms with Crippen LogP contribution in [0.1, 0.15) is 36.5 Å². The third-order valence-corrected chi connectivity index (χ3v) is 6.20. The number of rotatable bonds is 10. The Morgan fingerprint density at radius 1 is 1.09 bits per heavy atom. The fraction of sp³-hybridized carbons (Fsp3) is 0.385. The van der Waals surface area contributed by atoms with Crippen molar-refractivity contribution in [2.45, 2.75) is 39.7 Å². The third-order valence-electron chi connectivity index (χ3n) is 5.79. The molecular weight excluding hydrogens is 434 g/mol. The molecule has 0 aliphatic carbocycles. The first-order valence-corrected chi connectivity index (χ1v) is 11.7. The second-order valence-electron chi connectivity index (χ2n) is 8.10. The molecule has 0 unspecified atom stereocenters. The highest BCUT2D eigenvalue weighted by Crippen LogP contribution is 2.31. The monoisotopic (exact) mass is 467 g/mol. The molecule has 0 saturated carbocycles. The van der Waals surface area contributed by atoms with Crippen molar-refractivity contribution < 1.29 is 9.47 Å². The molecule has 3 aromatic rings. The third kappa shape index (κ3) is 6.26. The number of H-pyrrole nitrogens is 1. The Kier molecular flexibility index (Phi) is 8.72. The Bertz CT molecular complexity index is 1160. The summed E-state index contributed by atoms with van der Waals surface area (Å²) in [7, 11) is 3.18. The van der Waals surface area contributed by atoms with Crippen LogP contribution in [0, 0.1) is 6.92 Å². The lowest BCUT2D eigenvalue weighted by Gasteiger charge is -2.26. The molecule has 33 heavy (non-hydrogen) atoms. The molecule has 2 aromatic carbocycles. The van der Waals surface area contributed by atoms with Gasteiger partial charge in [0.1, 0.15) is 0 Å². The van der Waals surface area contributed by atoms with Crippen LogP contribution >= 0.6 is 12.2 Å². The van der Waals surface area contributed by atoms with E-state index in [2.05, 4.69) is 47.2 Å². The normalized spacial score (nSPS) is 10.8. The summed E-state index contributed by atoms with van der Waals surface area (Å²) in [6, 6.07) is 13.9. The minimum atomic E-state index is -0.132. The number of ether oxygens (including phenoxy) is 2. The van der Waals surface area contributed by atoms with E-state index in [1.54, 1.807) is 20.3 Å². The molecule has 0 fully saturated rings. The van der Waals surface area contributed by atoms with E-state index in [-0.39, 0.29) is 5.56 Å². The SMILES string of the molecule is CCCCNC(=S)N(CCc1ccccc1C)Cc1cc2cc(OC)c(OC)cc2[nH]c1=O. The molecule has 6 nitrogen and oxygen atoms in total. The zero-order valence-corrected chi connectivity index (χ0v) is 20.7. The van der Waals surface area contributed by atoms with Gasteiger partial charge in [-0.05, 0) is 55.2 Å². The molecule has 0 atom stereocenters. The van der Waals surface area contributed by atoms with Gasteiger partial charge in [-0.25, -0.2) is 0 Å². The second-order valence-corrected chi connectivity index (χ2v) is 8.49. The first kappa shape index (κ1) is 24.6. The highest BCUT2D eigenvalue weighted by molar-refractivity contribution is 7.80. The zero-order valence-electron chi connectivity index (χ0n) is 19.9. The number of benzene rings is 2. The number of nitrogens with zero attached hydrogens (tertiary/aromatic N) is 1. The van der Waals surface area contributed by atoms with E-state index in [9.17, 15) is 4.79 Å². The van der Waals surface area contributed by atoms with Crippen LogP contribution < -0.4 is 20.3 Å². The minimum absolute atomic E-state index is 0.132. The molecule has 176 valence electrons. The lowest BCUT2D eigenvalue weighted by atomic mass is 10.1. The van der Waals surface area contributed by atoms with E-state index in [4.69, 9.17) is 21.7 Å². The van der Waals surface area contributed by atoms with Gasteiger partial charge in [0.05, 0.1) is 26.3 Å². The maximum Gasteiger partial charge on any atom is 0.253 e. The Labute approximate surface area is 200 Å². The number of hydrogen-bond acceptors (Lipinski definition) is 4. The lowest BCUT2D eigenvalue weighted by Crippen LogP contribution is -2.41. The van der Waals surface area contributed by atoms with Gasteiger partial charge in [-0.2, -0.15) is 0 Å². The first-order chi connectivity index (χ1) is 16.0. The Morgan fingerprint density at radius 3 is 2.52 bits per heavy atom. The summed E-state index contributed by atoms with van der Waals surface area (Å²) >= 11 is 5.71. The molecule has 0 bridgehead atoms. The molecular formula is C26H33N3O3S. The molecule has 0 saturated heterocycles. The van der Waals surface area contributed by atoms with Gasteiger partial charge in [0.25, 0.3) is 5.56 Å². The summed E-state index contributed by atoms with van der Waals surface area (Å²) in [5, 5.41) is 4.90. The highest BCUT2D eigenvalue weighted by atomic mass is 32.1. The van der Waals surface area contributed by atoms with Gasteiger partial charge in [0.2, 0.25) is 0 Å². The van der Waals surface area contributed by atoms with Gasteiger partial charge in [0.15, 0.2) is 16.6 Å². The van der Waals surface area contributed by atoms with Gasteiger partial charge in [-0.15, -0.1) is 0 Å². The number of aryl methyl sites for hydroxylation is 1. The summed E-state index contributed by atoms with van der Waals surface area (Å²) in [5.74, 6) is 1.20. The van der Waals surface area contributed by atoms with Crippen LogP contribution in [0.2, 0.25) is 0 Å². The van der Waals surface area contributed by atoms with Crippen molar-refractivity contribution in [3.05, 3.63) is 69.5 Å². The molecule has 3 rings (SSSR count). The number of aromatic nitrogens is 1. The molecule has 0 spiro atoms. The largest absolute Gasteiger partial charge is 0.493 e. The van der Waals surface area contributed by atoms with Gasteiger partial charge in [-0.3, -0.25) is 4.79 Å². The number of methoxy groups -OCH3 is 2. The number of aromatic amines is 1. The summed E-state index contributed by atoms with van der Waals surface area (Å²) in [6.45, 7) is 6.22. The van der Waals surface area contributed by atoms with Crippen LogP contribution in [0.15, 0.2) is 47.3 Å². The van der Waals surface area contributed by atoms with Crippen molar-refractivity contribution in [1.29, 1.82) is 0 Å². The topological polar surface area (TPSA) is 66.6 Å². The fourth-order valence-electron chi connectivity index (χ4n) is 3.78. The minimum Gasteiger partial charge on any atom is -0.493 e. The number of unbranched alkanes of at least 4 members (excludes halogenated alkanes) is 1. The molecule has 0 aliphatic rings. The highest BCUT2D eigenvalue weighted by Gasteiger charge is 2.15. The van der Waals surface area contributed by atoms with Crippen molar-refractivity contribution in [3.8, 4) is 11.5 Å². The lowest BCUT2D eigenvalue weighted by molar-refractivity contribution is 0.355. The van der Waals surface area contributed by atoms with Gasteiger partial charge in [0, 0.05) is 30.1 Å². The average molecular weight is 468 g/mol. The molecule has 1 aromatic heterocycles. The first-order valence-electron chi connectivity index (χ1n) is 11.3. The molecule has 0 aliphatic heterocycles. The summed E-state index contributed by atoms with van der Waals surface area (Å²) in [4.78, 5) is 18.0. The van der Waals surface area contributed by atoms with Crippen LogP contribution in [0.3, 0.4) is 0 Å². The Morgan fingerprint density at radius 2 is 1.82 bits per heavy atom. The molecule has 0 amide bonds. The molecule has 2 N–H and O–H groups in total. The van der Waals surface area contributed by atoms with Crippen molar-refractivity contribution in [1.82, 2.24) is 15.2 Å². The fourth-order valence-corrected chi connectivity index (χ4v) is 4.04. The average Bonchev–Trinajstić information content (AvgIpc) is 2.82. The number of fused-ring (bicyclic) bond motifs is 1. The number of hydrogen-bond donors (Lipinski definition) is 2. The molecule has 7 heteroatoms. The van der Waals surface area contributed by atoms with Crippen molar-refractivity contribution in [2.75, 3.05) is 27.3 Å². The molecule has 1 heterocycles. The zero-order chi connectivity index (χ0) is 23.8. The maximum atomic E-state index is 12.9. The van der Waals surface area contributed by atoms with Crippen LogP contribution in [-0.2, 0) is 13.0 Å². The second kappa shape index (κ2) is 11.7.